The van der Waals surface area contributed by atoms with Gasteiger partial charge in [0.25, 0.3) is 0 Å². The van der Waals surface area contributed by atoms with Crippen molar-refractivity contribution < 1.29 is 9.90 Å². The van der Waals surface area contributed by atoms with Crippen LogP contribution in [0.2, 0.25) is 0 Å². The SMILES string of the molecule is CCNC(=O)Cc1ccc(N)c(O)c1. The Morgan fingerprint density at radius 3 is 2.86 bits per heavy atom. The molecule has 0 bridgehead atoms. The molecule has 0 heterocycles. The average molecular weight is 194 g/mol. The highest BCUT2D eigenvalue weighted by Gasteiger charge is 2.03. The quantitative estimate of drug-likeness (QED) is 0.488. The number of amides is 1. The van der Waals surface area contributed by atoms with Crippen LogP contribution < -0.4 is 11.1 Å². The Morgan fingerprint density at radius 1 is 1.57 bits per heavy atom. The van der Waals surface area contributed by atoms with Gasteiger partial charge in [-0.2, -0.15) is 0 Å². The molecule has 1 amide bonds. The standard InChI is InChI=1S/C10H14N2O2/c1-2-12-10(14)6-7-3-4-8(11)9(13)5-7/h3-5,13H,2,6,11H2,1H3,(H,12,14). The largest absolute Gasteiger partial charge is 0.506 e. The van der Waals surface area contributed by atoms with Gasteiger partial charge in [0.15, 0.2) is 0 Å². The third-order valence-electron chi connectivity index (χ3n) is 1.83. The smallest absolute Gasteiger partial charge is 0.224 e. The van der Waals surface area contributed by atoms with E-state index in [4.69, 9.17) is 5.73 Å². The number of rotatable bonds is 3. The fourth-order valence-electron chi connectivity index (χ4n) is 1.14. The summed E-state index contributed by atoms with van der Waals surface area (Å²) in [4.78, 5) is 11.2. The molecule has 4 nitrogen and oxygen atoms in total. The summed E-state index contributed by atoms with van der Waals surface area (Å²) in [6, 6.07) is 4.82. The van der Waals surface area contributed by atoms with Gasteiger partial charge in [-0.25, -0.2) is 0 Å². The molecule has 0 saturated carbocycles. The van der Waals surface area contributed by atoms with Crippen molar-refractivity contribution in [1.82, 2.24) is 5.32 Å². The van der Waals surface area contributed by atoms with Gasteiger partial charge in [0.2, 0.25) is 5.91 Å². The van der Waals surface area contributed by atoms with Crippen LogP contribution in [-0.4, -0.2) is 17.6 Å². The van der Waals surface area contributed by atoms with Gasteiger partial charge in [0, 0.05) is 6.54 Å². The van der Waals surface area contributed by atoms with Crippen LogP contribution in [0.4, 0.5) is 5.69 Å². The second-order valence-corrected chi connectivity index (χ2v) is 3.02. The molecule has 0 saturated heterocycles. The lowest BCUT2D eigenvalue weighted by molar-refractivity contribution is -0.120. The molecule has 1 aromatic carbocycles. The normalized spacial score (nSPS) is 9.79. The summed E-state index contributed by atoms with van der Waals surface area (Å²) in [6.07, 6.45) is 0.266. The Hall–Kier alpha value is -1.71. The van der Waals surface area contributed by atoms with Gasteiger partial charge in [-0.1, -0.05) is 6.07 Å². The highest BCUT2D eigenvalue weighted by Crippen LogP contribution is 2.20. The molecule has 1 aromatic rings. The molecule has 0 aliphatic heterocycles. The predicted octanol–water partition coefficient (Wildman–Crippen LogP) is 0.653. The Bertz CT molecular complexity index is 337. The number of benzene rings is 1. The maximum Gasteiger partial charge on any atom is 0.224 e. The molecule has 1 rings (SSSR count). The van der Waals surface area contributed by atoms with Crippen LogP contribution in [0.1, 0.15) is 12.5 Å². The maximum atomic E-state index is 11.2. The van der Waals surface area contributed by atoms with Gasteiger partial charge < -0.3 is 16.2 Å². The van der Waals surface area contributed by atoms with Gasteiger partial charge in [-0.3, -0.25) is 4.79 Å². The lowest BCUT2D eigenvalue weighted by Crippen LogP contribution is -2.24. The Morgan fingerprint density at radius 2 is 2.29 bits per heavy atom. The molecule has 4 N–H and O–H groups in total. The summed E-state index contributed by atoms with van der Waals surface area (Å²) in [5, 5.41) is 12.0. The summed E-state index contributed by atoms with van der Waals surface area (Å²) in [7, 11) is 0. The van der Waals surface area contributed by atoms with E-state index in [1.807, 2.05) is 6.92 Å². The van der Waals surface area contributed by atoms with Crippen LogP contribution in [0.25, 0.3) is 0 Å². The fraction of sp³-hybridized carbons (Fsp3) is 0.300. The van der Waals surface area contributed by atoms with Gasteiger partial charge in [0.1, 0.15) is 5.75 Å². The third kappa shape index (κ3) is 2.65. The minimum atomic E-state index is -0.0586. The molecule has 0 aliphatic carbocycles. The van der Waals surface area contributed by atoms with Crippen molar-refractivity contribution >= 4 is 11.6 Å². The van der Waals surface area contributed by atoms with E-state index in [1.165, 1.54) is 6.07 Å². The van der Waals surface area contributed by atoms with Crippen molar-refractivity contribution in [2.24, 2.45) is 0 Å². The minimum Gasteiger partial charge on any atom is -0.506 e. The third-order valence-corrected chi connectivity index (χ3v) is 1.83. The zero-order chi connectivity index (χ0) is 10.6. The molecule has 0 radical (unpaired) electrons. The zero-order valence-corrected chi connectivity index (χ0v) is 8.08. The highest BCUT2D eigenvalue weighted by molar-refractivity contribution is 5.78. The van der Waals surface area contributed by atoms with E-state index in [9.17, 15) is 9.90 Å². The molecule has 14 heavy (non-hydrogen) atoms. The number of carbonyl (C=O) groups is 1. The number of carbonyl (C=O) groups excluding carboxylic acids is 1. The summed E-state index contributed by atoms with van der Waals surface area (Å²) in [5.41, 5.74) is 6.50. The van der Waals surface area contributed by atoms with Gasteiger partial charge >= 0.3 is 0 Å². The number of hydrogen-bond donors (Lipinski definition) is 3. The highest BCUT2D eigenvalue weighted by atomic mass is 16.3. The molecule has 0 aromatic heterocycles. The summed E-state index contributed by atoms with van der Waals surface area (Å²) in [5.74, 6) is -0.0385. The van der Waals surface area contributed by atoms with E-state index in [0.717, 1.165) is 5.56 Å². The Labute approximate surface area is 82.7 Å². The van der Waals surface area contributed by atoms with E-state index >= 15 is 0 Å². The Balaban J connectivity index is 2.68. The number of likely N-dealkylation sites (N-methyl/N-ethyl adjacent to an activating group) is 1. The van der Waals surface area contributed by atoms with E-state index < -0.39 is 0 Å². The van der Waals surface area contributed by atoms with E-state index in [-0.39, 0.29) is 18.1 Å². The zero-order valence-electron chi connectivity index (χ0n) is 8.08. The first kappa shape index (κ1) is 10.4. The van der Waals surface area contributed by atoms with Gasteiger partial charge in [-0.15, -0.1) is 0 Å². The number of nitrogen functional groups attached to an aromatic ring is 1. The van der Waals surface area contributed by atoms with Gasteiger partial charge in [-0.05, 0) is 24.6 Å². The number of hydrogen-bond acceptors (Lipinski definition) is 3. The number of phenolic OH excluding ortho intramolecular Hbond substituents is 1. The molecule has 0 fully saturated rings. The number of phenols is 1. The molecular weight excluding hydrogens is 180 g/mol. The lowest BCUT2D eigenvalue weighted by Gasteiger charge is -2.04. The van der Waals surface area contributed by atoms with Crippen molar-refractivity contribution in [1.29, 1.82) is 0 Å². The number of nitrogens with one attached hydrogen (secondary N) is 1. The van der Waals surface area contributed by atoms with E-state index in [1.54, 1.807) is 12.1 Å². The summed E-state index contributed by atoms with van der Waals surface area (Å²) >= 11 is 0. The molecule has 76 valence electrons. The van der Waals surface area contributed by atoms with Crippen molar-refractivity contribution in [3.05, 3.63) is 23.8 Å². The summed E-state index contributed by atoms with van der Waals surface area (Å²) < 4.78 is 0. The van der Waals surface area contributed by atoms with Crippen LogP contribution in [0.5, 0.6) is 5.75 Å². The van der Waals surface area contributed by atoms with Crippen molar-refractivity contribution in [3.8, 4) is 5.75 Å². The van der Waals surface area contributed by atoms with Crippen LogP contribution in [-0.2, 0) is 11.2 Å². The number of aromatic hydroxyl groups is 1. The second kappa shape index (κ2) is 4.50. The molecule has 4 heteroatoms. The van der Waals surface area contributed by atoms with Crippen LogP contribution >= 0.6 is 0 Å². The predicted molar refractivity (Wildman–Crippen MR) is 54.9 cm³/mol. The van der Waals surface area contributed by atoms with Crippen LogP contribution in [0.3, 0.4) is 0 Å². The average Bonchev–Trinajstić information content (AvgIpc) is 2.12. The van der Waals surface area contributed by atoms with Crippen LogP contribution in [0, 0.1) is 0 Å². The molecule has 0 unspecified atom stereocenters. The Kier molecular flexibility index (Phi) is 3.34. The molecule has 0 atom stereocenters. The van der Waals surface area contributed by atoms with E-state index in [2.05, 4.69) is 5.32 Å². The lowest BCUT2D eigenvalue weighted by atomic mass is 10.1. The monoisotopic (exact) mass is 194 g/mol. The minimum absolute atomic E-state index is 0.0202. The van der Waals surface area contributed by atoms with Gasteiger partial charge in [0.05, 0.1) is 12.1 Å². The molecule has 0 aliphatic rings. The maximum absolute atomic E-state index is 11.2. The second-order valence-electron chi connectivity index (χ2n) is 3.02. The van der Waals surface area contributed by atoms with Crippen molar-refractivity contribution in [2.45, 2.75) is 13.3 Å². The molecule has 0 spiro atoms. The summed E-state index contributed by atoms with van der Waals surface area (Å²) in [6.45, 7) is 2.47. The van der Waals surface area contributed by atoms with Crippen LogP contribution in [0.15, 0.2) is 18.2 Å². The fourth-order valence-corrected chi connectivity index (χ4v) is 1.14. The van der Waals surface area contributed by atoms with Crippen molar-refractivity contribution in [3.63, 3.8) is 0 Å². The van der Waals surface area contributed by atoms with E-state index in [0.29, 0.717) is 12.2 Å². The first-order chi connectivity index (χ1) is 6.63. The van der Waals surface area contributed by atoms with Crippen molar-refractivity contribution in [2.75, 3.05) is 12.3 Å². The molecular formula is C10H14N2O2. The first-order valence-corrected chi connectivity index (χ1v) is 4.47. The number of anilines is 1. The topological polar surface area (TPSA) is 75.4 Å². The number of nitrogens with two attached hydrogens (primary N) is 1. The first-order valence-electron chi connectivity index (χ1n) is 4.47.